The third-order valence-corrected chi connectivity index (χ3v) is 11.2. The number of amides is 7. The first-order valence-corrected chi connectivity index (χ1v) is 21.8. The number of likely N-dealkylation sites (tertiary alicyclic amines) is 1. The van der Waals surface area contributed by atoms with E-state index in [0.29, 0.717) is 54.9 Å². The van der Waals surface area contributed by atoms with Crippen molar-refractivity contribution in [1.82, 2.24) is 35.8 Å². The number of nitrogens with zero attached hydrogens (tertiary/aromatic N) is 5. The summed E-state index contributed by atoms with van der Waals surface area (Å²) in [5.41, 5.74) is 4.12. The molecule has 1 saturated carbocycles. The fourth-order valence-corrected chi connectivity index (χ4v) is 8.65. The molecule has 0 aromatic rings. The molecule has 7 amide bonds. The van der Waals surface area contributed by atoms with Crippen LogP contribution in [-0.2, 0) is 53.4 Å². The van der Waals surface area contributed by atoms with Gasteiger partial charge in [0.15, 0.2) is 0 Å². The Morgan fingerprint density at radius 1 is 0.684 bits per heavy atom. The van der Waals surface area contributed by atoms with Crippen LogP contribution in [0.1, 0.15) is 97.8 Å². The van der Waals surface area contributed by atoms with Gasteiger partial charge in [-0.3, -0.25) is 28.4 Å². The van der Waals surface area contributed by atoms with Crippen molar-refractivity contribution in [1.29, 1.82) is 0 Å². The van der Waals surface area contributed by atoms with Gasteiger partial charge in [0.2, 0.25) is 0 Å². The minimum atomic E-state index is -4.86. The van der Waals surface area contributed by atoms with Crippen molar-refractivity contribution < 1.29 is 72.9 Å². The predicted octanol–water partition coefficient (Wildman–Crippen LogP) is 1.44. The maximum absolute atomic E-state index is 12.6. The molecule has 5 atom stereocenters. The fraction of sp³-hybridized carbons (Fsp3) is 0.844. The molecule has 5 aliphatic heterocycles. The lowest BCUT2D eigenvalue weighted by Gasteiger charge is -2.36. The molecule has 324 valence electrons. The van der Waals surface area contributed by atoms with Crippen LogP contribution in [0.15, 0.2) is 0 Å². The molecular weight excluding hydrogens is 803 g/mol. The molecule has 0 aromatic carbocycles. The topological polar surface area (TPSA) is 280 Å². The Hall–Kier alpha value is -3.59. The number of hydrogen-bond acceptors (Lipinski definition) is 14. The molecule has 0 radical (unpaired) electrons. The second kappa shape index (κ2) is 18.6. The van der Waals surface area contributed by atoms with Gasteiger partial charge in [-0.15, -0.1) is 8.57 Å². The first-order valence-electron chi connectivity index (χ1n) is 19.1. The Labute approximate surface area is 331 Å². The van der Waals surface area contributed by atoms with Crippen LogP contribution in [0.4, 0.5) is 14.4 Å². The summed E-state index contributed by atoms with van der Waals surface area (Å²) in [5.74, 6) is -0.557. The van der Waals surface area contributed by atoms with Gasteiger partial charge in [-0.1, -0.05) is 19.3 Å². The molecule has 6 rings (SSSR count). The van der Waals surface area contributed by atoms with Crippen LogP contribution in [-0.4, -0.2) is 149 Å². The van der Waals surface area contributed by atoms with E-state index in [1.165, 1.54) is 29.1 Å². The second-order valence-corrected chi connectivity index (χ2v) is 17.9. The van der Waals surface area contributed by atoms with E-state index >= 15 is 0 Å². The Balaban J connectivity index is 0.000000224. The Bertz CT molecular complexity index is 1710. The van der Waals surface area contributed by atoms with E-state index < -0.39 is 80.5 Å². The van der Waals surface area contributed by atoms with Crippen molar-refractivity contribution in [2.45, 2.75) is 134 Å². The number of carbonyl (C=O) groups excluding carboxylic acids is 5. The quantitative estimate of drug-likeness (QED) is 0.160. The normalized spacial score (nSPS) is 26.9. The van der Waals surface area contributed by atoms with Crippen molar-refractivity contribution in [2.24, 2.45) is 5.92 Å². The smallest absolute Gasteiger partial charge is 0.418 e. The molecule has 5 saturated heterocycles. The maximum atomic E-state index is 12.6. The fourth-order valence-electron chi connectivity index (χ4n) is 7.87. The number of urea groups is 2. The maximum Gasteiger partial charge on any atom is 0.418 e. The van der Waals surface area contributed by atoms with Crippen LogP contribution in [0.3, 0.4) is 0 Å². The molecule has 1 aliphatic carbocycles. The van der Waals surface area contributed by atoms with E-state index in [1.54, 1.807) is 25.7 Å². The van der Waals surface area contributed by atoms with E-state index in [2.05, 4.69) is 19.5 Å². The predicted molar refractivity (Wildman–Crippen MR) is 192 cm³/mol. The average Bonchev–Trinajstić information content (AvgIpc) is 3.49. The van der Waals surface area contributed by atoms with E-state index in [9.17, 15) is 40.8 Å². The molecule has 4 bridgehead atoms. The lowest BCUT2D eigenvalue weighted by molar-refractivity contribution is -0.141. The van der Waals surface area contributed by atoms with Crippen LogP contribution in [0.25, 0.3) is 0 Å². The van der Waals surface area contributed by atoms with Gasteiger partial charge < -0.3 is 19.4 Å². The van der Waals surface area contributed by atoms with E-state index in [-0.39, 0.29) is 32.2 Å². The Morgan fingerprint density at radius 2 is 1.16 bits per heavy atom. The summed E-state index contributed by atoms with van der Waals surface area (Å²) in [4.78, 5) is 76.7. The highest BCUT2D eigenvalue weighted by Gasteiger charge is 2.51. The number of nitrogens with one attached hydrogen (secondary N) is 2. The van der Waals surface area contributed by atoms with Crippen molar-refractivity contribution in [2.75, 3.05) is 32.8 Å². The molecule has 57 heavy (non-hydrogen) atoms. The molecule has 6 aliphatic rings. The summed E-state index contributed by atoms with van der Waals surface area (Å²) in [5, 5.41) is 1.19. The summed E-state index contributed by atoms with van der Waals surface area (Å²) < 4.78 is 75.4. The number of carbonyl (C=O) groups is 5. The third-order valence-electron chi connectivity index (χ3n) is 10.5. The summed E-state index contributed by atoms with van der Waals surface area (Å²) in [6.45, 7) is 6.66. The zero-order valence-corrected chi connectivity index (χ0v) is 33.8. The van der Waals surface area contributed by atoms with Crippen LogP contribution < -0.4 is 11.0 Å². The van der Waals surface area contributed by atoms with E-state index in [1.807, 2.05) is 0 Å². The van der Waals surface area contributed by atoms with Crippen molar-refractivity contribution in [3.05, 3.63) is 0 Å². The Morgan fingerprint density at radius 3 is 1.63 bits per heavy atom. The number of fused-ring (bicyclic) bond motifs is 4. The Kier molecular flexibility index (Phi) is 14.5. The zero-order valence-electron chi connectivity index (χ0n) is 32.1. The number of hydroxylamine groups is 6. The average molecular weight is 856 g/mol. The van der Waals surface area contributed by atoms with Crippen molar-refractivity contribution in [3.63, 3.8) is 0 Å². The standard InChI is InChI=1S/C18H30N4O9S.C14H23N3O7S/c1-18(2,3)30-17(25)20-9-5-4-6-13(20)11-29-19-15(23)14-8-7-12-10-21(14)16(24)22(12)31-32(26,27)28;18-13(15-23-9-10-4-2-1-3-5-10)12-7-6-11-8-16(12)14(19)17(11)24-25(20,21)22/h12-14H,4-11H2,1-3H3,(H,19,23)(H,26,27,28);10-12H,1-9H2,(H,15,18)(H,20,21,22)/t12-,13+,14+;11-,12+/m11/s1. The van der Waals surface area contributed by atoms with Gasteiger partial charge in [0, 0.05) is 19.6 Å². The van der Waals surface area contributed by atoms with Gasteiger partial charge in [0.1, 0.15) is 17.7 Å². The van der Waals surface area contributed by atoms with Gasteiger partial charge in [0.25, 0.3) is 11.8 Å². The molecule has 23 nitrogen and oxygen atoms in total. The molecule has 0 spiro atoms. The van der Waals surface area contributed by atoms with Crippen LogP contribution in [0.2, 0.25) is 0 Å². The summed E-state index contributed by atoms with van der Waals surface area (Å²) in [7, 11) is -9.65. The van der Waals surface area contributed by atoms with Gasteiger partial charge >= 0.3 is 39.0 Å². The van der Waals surface area contributed by atoms with E-state index in [4.69, 9.17) is 23.5 Å². The molecule has 0 unspecified atom stereocenters. The highest BCUT2D eigenvalue weighted by Crippen LogP contribution is 2.32. The zero-order chi connectivity index (χ0) is 41.7. The van der Waals surface area contributed by atoms with Crippen LogP contribution in [0.5, 0.6) is 0 Å². The highest BCUT2D eigenvalue weighted by atomic mass is 32.3. The van der Waals surface area contributed by atoms with Crippen LogP contribution >= 0.6 is 0 Å². The minimum absolute atomic E-state index is 0.0618. The molecule has 5 heterocycles. The molecule has 25 heteroatoms. The number of hydrogen-bond donors (Lipinski definition) is 4. The summed E-state index contributed by atoms with van der Waals surface area (Å²) in [6, 6.07) is -4.56. The third kappa shape index (κ3) is 12.2. The van der Waals surface area contributed by atoms with Gasteiger partial charge in [-0.2, -0.15) is 27.0 Å². The molecule has 4 N–H and O–H groups in total. The SMILES string of the molecule is CC(C)(C)OC(=O)N1CCCC[C@H]1CONC(=O)[C@@H]1CC[C@@H]2CN1C(=O)N2OS(=O)(=O)O.O=C(NOCC1CCCCC1)[C@@H]1CC[C@@H]2CN1C(=O)N2OS(=O)(=O)O. The van der Waals surface area contributed by atoms with Crippen molar-refractivity contribution >= 4 is 50.8 Å². The van der Waals surface area contributed by atoms with Gasteiger partial charge in [0.05, 0.1) is 31.3 Å². The first kappa shape index (κ1) is 44.5. The number of ether oxygens (including phenoxy) is 1. The highest BCUT2D eigenvalue weighted by molar-refractivity contribution is 7.81. The minimum Gasteiger partial charge on any atom is -0.444 e. The monoisotopic (exact) mass is 855 g/mol. The van der Waals surface area contributed by atoms with Gasteiger partial charge in [-0.25, -0.2) is 25.3 Å². The summed E-state index contributed by atoms with van der Waals surface area (Å²) in [6.07, 6.45) is 9.14. The lowest BCUT2D eigenvalue weighted by atomic mass is 9.90. The molecule has 0 aromatic heterocycles. The lowest BCUT2D eigenvalue weighted by Crippen LogP contribution is -2.52. The number of rotatable bonds is 12. The summed E-state index contributed by atoms with van der Waals surface area (Å²) >= 11 is 0. The molecular formula is C32H53N7O16S2. The first-order chi connectivity index (χ1) is 26.7. The number of piperidine rings is 3. The largest absolute Gasteiger partial charge is 0.444 e. The second-order valence-electron chi connectivity index (χ2n) is 15.9. The van der Waals surface area contributed by atoms with Gasteiger partial charge in [-0.05, 0) is 84.5 Å². The van der Waals surface area contributed by atoms with Crippen LogP contribution in [0, 0.1) is 5.92 Å². The van der Waals surface area contributed by atoms with E-state index in [0.717, 1.165) is 25.7 Å². The molecule has 6 fully saturated rings. The van der Waals surface area contributed by atoms with Crippen molar-refractivity contribution in [3.8, 4) is 0 Å².